The molecular formula is C8H12O3. The molecule has 0 atom stereocenters. The monoisotopic (exact) mass is 156 g/mol. The van der Waals surface area contributed by atoms with Crippen LogP contribution in [-0.4, -0.2) is 24.3 Å². The van der Waals surface area contributed by atoms with E-state index in [2.05, 4.69) is 6.58 Å². The predicted molar refractivity (Wildman–Crippen MR) is 40.3 cm³/mol. The molecule has 0 radical (unpaired) electrons. The molecule has 0 aliphatic carbocycles. The van der Waals surface area contributed by atoms with Gasteiger partial charge in [0, 0.05) is 11.5 Å². The van der Waals surface area contributed by atoms with Crippen molar-refractivity contribution in [2.24, 2.45) is 5.92 Å². The first-order valence-corrected chi connectivity index (χ1v) is 3.69. The maximum atomic E-state index is 10.3. The van der Waals surface area contributed by atoms with E-state index in [1.165, 1.54) is 0 Å². The molecule has 0 aromatic carbocycles. The minimum absolute atomic E-state index is 0.303. The SMILES string of the molecule is C=C(CCC1COC1)C(=O)O. The minimum atomic E-state index is -0.884. The second-order valence-corrected chi connectivity index (χ2v) is 2.85. The Morgan fingerprint density at radius 1 is 1.64 bits per heavy atom. The summed E-state index contributed by atoms with van der Waals surface area (Å²) in [5, 5.41) is 8.45. The van der Waals surface area contributed by atoms with Gasteiger partial charge in [-0.05, 0) is 12.8 Å². The largest absolute Gasteiger partial charge is 0.478 e. The third-order valence-electron chi connectivity index (χ3n) is 1.86. The number of hydrogen-bond acceptors (Lipinski definition) is 2. The van der Waals surface area contributed by atoms with Crippen LogP contribution in [0.25, 0.3) is 0 Å². The zero-order chi connectivity index (χ0) is 8.27. The molecule has 3 nitrogen and oxygen atoms in total. The van der Waals surface area contributed by atoms with Crippen molar-refractivity contribution in [1.82, 2.24) is 0 Å². The van der Waals surface area contributed by atoms with E-state index in [4.69, 9.17) is 9.84 Å². The molecule has 62 valence electrons. The molecule has 3 heteroatoms. The molecule has 1 fully saturated rings. The lowest BCUT2D eigenvalue weighted by molar-refractivity contribution is -0.132. The summed E-state index contributed by atoms with van der Waals surface area (Å²) in [6.45, 7) is 5.01. The first kappa shape index (κ1) is 8.27. The van der Waals surface area contributed by atoms with Crippen molar-refractivity contribution >= 4 is 5.97 Å². The molecule has 1 aliphatic rings. The fourth-order valence-electron chi connectivity index (χ4n) is 0.936. The summed E-state index contributed by atoms with van der Waals surface area (Å²) in [6.07, 6.45) is 1.48. The summed E-state index contributed by atoms with van der Waals surface area (Å²) in [6, 6.07) is 0. The van der Waals surface area contributed by atoms with E-state index in [0.29, 0.717) is 17.9 Å². The molecule has 0 aromatic rings. The van der Waals surface area contributed by atoms with Crippen LogP contribution in [0.2, 0.25) is 0 Å². The molecule has 0 bridgehead atoms. The third kappa shape index (κ3) is 2.35. The van der Waals surface area contributed by atoms with Crippen LogP contribution in [0, 0.1) is 5.92 Å². The van der Waals surface area contributed by atoms with Crippen LogP contribution in [0.5, 0.6) is 0 Å². The van der Waals surface area contributed by atoms with Crippen LogP contribution in [0.3, 0.4) is 0 Å². The predicted octanol–water partition coefficient (Wildman–Crippen LogP) is 1.05. The number of rotatable bonds is 4. The minimum Gasteiger partial charge on any atom is -0.478 e. The molecule has 0 spiro atoms. The van der Waals surface area contributed by atoms with Crippen molar-refractivity contribution in [2.75, 3.05) is 13.2 Å². The quantitative estimate of drug-likeness (QED) is 0.619. The fourth-order valence-corrected chi connectivity index (χ4v) is 0.936. The van der Waals surface area contributed by atoms with Crippen molar-refractivity contribution < 1.29 is 14.6 Å². The van der Waals surface area contributed by atoms with Gasteiger partial charge < -0.3 is 9.84 Å². The number of carboxylic acids is 1. The van der Waals surface area contributed by atoms with E-state index < -0.39 is 5.97 Å². The fraction of sp³-hybridized carbons (Fsp3) is 0.625. The Bertz CT molecular complexity index is 170. The van der Waals surface area contributed by atoms with Gasteiger partial charge in [-0.25, -0.2) is 4.79 Å². The highest BCUT2D eigenvalue weighted by Crippen LogP contribution is 2.18. The molecule has 1 aliphatic heterocycles. The third-order valence-corrected chi connectivity index (χ3v) is 1.86. The van der Waals surface area contributed by atoms with E-state index in [1.54, 1.807) is 0 Å². The molecule has 1 N–H and O–H groups in total. The lowest BCUT2D eigenvalue weighted by Gasteiger charge is -2.25. The van der Waals surface area contributed by atoms with E-state index in [0.717, 1.165) is 19.6 Å². The van der Waals surface area contributed by atoms with E-state index in [-0.39, 0.29) is 0 Å². The smallest absolute Gasteiger partial charge is 0.330 e. The van der Waals surface area contributed by atoms with E-state index in [1.807, 2.05) is 0 Å². The van der Waals surface area contributed by atoms with Crippen LogP contribution in [0.1, 0.15) is 12.8 Å². The maximum Gasteiger partial charge on any atom is 0.330 e. The highest BCUT2D eigenvalue weighted by Gasteiger charge is 2.18. The lowest BCUT2D eigenvalue weighted by atomic mass is 9.99. The summed E-state index contributed by atoms with van der Waals surface area (Å²) in [7, 11) is 0. The van der Waals surface area contributed by atoms with Gasteiger partial charge in [0.25, 0.3) is 0 Å². The molecule has 1 heterocycles. The summed E-state index contributed by atoms with van der Waals surface area (Å²) < 4.78 is 4.95. The van der Waals surface area contributed by atoms with E-state index >= 15 is 0 Å². The topological polar surface area (TPSA) is 46.5 Å². The summed E-state index contributed by atoms with van der Waals surface area (Å²) in [5.41, 5.74) is 0.303. The Kier molecular flexibility index (Phi) is 2.65. The second-order valence-electron chi connectivity index (χ2n) is 2.85. The van der Waals surface area contributed by atoms with Crippen molar-refractivity contribution in [1.29, 1.82) is 0 Å². The highest BCUT2D eigenvalue weighted by molar-refractivity contribution is 5.85. The van der Waals surface area contributed by atoms with Gasteiger partial charge in [-0.1, -0.05) is 6.58 Å². The van der Waals surface area contributed by atoms with Crippen molar-refractivity contribution in [3.05, 3.63) is 12.2 Å². The van der Waals surface area contributed by atoms with E-state index in [9.17, 15) is 4.79 Å². The summed E-state index contributed by atoms with van der Waals surface area (Å²) in [5.74, 6) is -0.323. The summed E-state index contributed by atoms with van der Waals surface area (Å²) >= 11 is 0. The average Bonchev–Trinajstić information content (AvgIpc) is 1.83. The van der Waals surface area contributed by atoms with Crippen LogP contribution in [0.4, 0.5) is 0 Å². The van der Waals surface area contributed by atoms with Gasteiger partial charge in [0.15, 0.2) is 0 Å². The number of aliphatic carboxylic acids is 1. The number of carbonyl (C=O) groups is 1. The van der Waals surface area contributed by atoms with Crippen LogP contribution < -0.4 is 0 Å². The average molecular weight is 156 g/mol. The molecule has 1 rings (SSSR count). The normalized spacial score (nSPS) is 17.5. The van der Waals surface area contributed by atoms with Crippen LogP contribution in [0.15, 0.2) is 12.2 Å². The maximum absolute atomic E-state index is 10.3. The molecular weight excluding hydrogens is 144 g/mol. The molecule has 11 heavy (non-hydrogen) atoms. The Morgan fingerprint density at radius 3 is 2.64 bits per heavy atom. The number of ether oxygens (including phenoxy) is 1. The first-order chi connectivity index (χ1) is 5.20. The molecule has 0 saturated carbocycles. The van der Waals surface area contributed by atoms with Gasteiger partial charge in [-0.3, -0.25) is 0 Å². The Labute approximate surface area is 65.7 Å². The van der Waals surface area contributed by atoms with Gasteiger partial charge in [0.2, 0.25) is 0 Å². The van der Waals surface area contributed by atoms with Crippen molar-refractivity contribution in [3.8, 4) is 0 Å². The summed E-state index contributed by atoms with van der Waals surface area (Å²) in [4.78, 5) is 10.3. The zero-order valence-corrected chi connectivity index (χ0v) is 6.38. The molecule has 0 aromatic heterocycles. The number of hydrogen-bond donors (Lipinski definition) is 1. The molecule has 1 saturated heterocycles. The van der Waals surface area contributed by atoms with Gasteiger partial charge >= 0.3 is 5.97 Å². The molecule has 0 amide bonds. The Morgan fingerprint density at radius 2 is 2.27 bits per heavy atom. The lowest BCUT2D eigenvalue weighted by Crippen LogP contribution is -2.27. The Balaban J connectivity index is 2.10. The van der Waals surface area contributed by atoms with Crippen molar-refractivity contribution in [2.45, 2.75) is 12.8 Å². The molecule has 0 unspecified atom stereocenters. The van der Waals surface area contributed by atoms with Crippen LogP contribution >= 0.6 is 0 Å². The second kappa shape index (κ2) is 3.53. The van der Waals surface area contributed by atoms with Crippen molar-refractivity contribution in [3.63, 3.8) is 0 Å². The number of carboxylic acid groups (broad SMARTS) is 1. The van der Waals surface area contributed by atoms with Gasteiger partial charge in [-0.15, -0.1) is 0 Å². The first-order valence-electron chi connectivity index (χ1n) is 3.69. The van der Waals surface area contributed by atoms with Gasteiger partial charge in [-0.2, -0.15) is 0 Å². The van der Waals surface area contributed by atoms with Gasteiger partial charge in [0.1, 0.15) is 0 Å². The standard InChI is InChI=1S/C8H12O3/c1-6(8(9)10)2-3-7-4-11-5-7/h7H,1-5H2,(H,9,10). The van der Waals surface area contributed by atoms with Gasteiger partial charge in [0.05, 0.1) is 13.2 Å². The highest BCUT2D eigenvalue weighted by atomic mass is 16.5. The van der Waals surface area contributed by atoms with Crippen LogP contribution in [-0.2, 0) is 9.53 Å². The zero-order valence-electron chi connectivity index (χ0n) is 6.38. The Hall–Kier alpha value is -0.830.